The molecular formula is C46H82NO9P. The average Bonchev–Trinajstić information content (AvgIpc) is 3.19. The van der Waals surface area contributed by atoms with Gasteiger partial charge in [-0.05, 0) is 51.4 Å². The first-order valence-electron chi connectivity index (χ1n) is 22.3. The first-order chi connectivity index (χ1) is 27.7. The Morgan fingerprint density at radius 3 is 1.46 bits per heavy atom. The van der Waals surface area contributed by atoms with Crippen LogP contribution in [-0.2, 0) is 32.7 Å². The number of aliphatic carboxylic acids is 1. The minimum atomic E-state index is -4.63. The molecule has 0 saturated heterocycles. The summed E-state index contributed by atoms with van der Waals surface area (Å²) >= 11 is 0. The van der Waals surface area contributed by atoms with Crippen molar-refractivity contribution >= 4 is 19.8 Å². The fourth-order valence-corrected chi connectivity index (χ4v) is 6.65. The highest BCUT2D eigenvalue weighted by Crippen LogP contribution is 2.43. The van der Waals surface area contributed by atoms with E-state index >= 15 is 0 Å². The SMILES string of the molecule is CC/C=C\C/C=C\C/C=C\C/C=C\C/C=C\CCCC(=O)OC(COCCCCCCCCCCCCCCCCCCCC)COP(=O)(O)OCC(N)C(=O)O. The van der Waals surface area contributed by atoms with E-state index in [4.69, 9.17) is 29.4 Å². The highest BCUT2D eigenvalue weighted by molar-refractivity contribution is 7.47. The summed E-state index contributed by atoms with van der Waals surface area (Å²) in [6.07, 6.45) is 50.0. The van der Waals surface area contributed by atoms with Crippen LogP contribution in [0.25, 0.3) is 0 Å². The van der Waals surface area contributed by atoms with Gasteiger partial charge in [-0.3, -0.25) is 18.6 Å². The lowest BCUT2D eigenvalue weighted by atomic mass is 10.0. The molecule has 0 rings (SSSR count). The topological polar surface area (TPSA) is 155 Å². The monoisotopic (exact) mass is 824 g/mol. The number of carbonyl (C=O) groups excluding carboxylic acids is 1. The molecule has 0 aromatic rings. The lowest BCUT2D eigenvalue weighted by Crippen LogP contribution is -2.34. The van der Waals surface area contributed by atoms with E-state index in [0.717, 1.165) is 51.4 Å². The number of unbranched alkanes of at least 4 members (excludes halogenated alkanes) is 18. The minimum Gasteiger partial charge on any atom is -0.480 e. The lowest BCUT2D eigenvalue weighted by molar-refractivity contribution is -0.154. The highest BCUT2D eigenvalue weighted by Gasteiger charge is 2.27. The molecule has 0 fully saturated rings. The molecule has 3 atom stereocenters. The largest absolute Gasteiger partial charge is 0.480 e. The number of phosphoric acid groups is 1. The number of ether oxygens (including phenoxy) is 2. The third-order valence-electron chi connectivity index (χ3n) is 9.31. The number of carboxylic acid groups (broad SMARTS) is 1. The molecule has 10 nitrogen and oxygen atoms in total. The van der Waals surface area contributed by atoms with Gasteiger partial charge in [0.25, 0.3) is 0 Å². The summed E-state index contributed by atoms with van der Waals surface area (Å²) in [4.78, 5) is 33.5. The molecule has 0 aliphatic heterocycles. The molecule has 0 bridgehead atoms. The number of hydrogen-bond acceptors (Lipinski definition) is 8. The summed E-state index contributed by atoms with van der Waals surface area (Å²) in [5.41, 5.74) is 5.35. The summed E-state index contributed by atoms with van der Waals surface area (Å²) in [5.74, 6) is -1.84. The normalized spacial score (nSPS) is 14.5. The second-order valence-electron chi connectivity index (χ2n) is 14.8. The van der Waals surface area contributed by atoms with Crippen LogP contribution >= 0.6 is 7.82 Å². The molecule has 4 N–H and O–H groups in total. The second kappa shape index (κ2) is 41.8. The van der Waals surface area contributed by atoms with Crippen molar-refractivity contribution in [2.75, 3.05) is 26.4 Å². The van der Waals surface area contributed by atoms with Crippen LogP contribution in [0.4, 0.5) is 0 Å². The first-order valence-corrected chi connectivity index (χ1v) is 23.8. The number of allylic oxidation sites excluding steroid dienone is 10. The fourth-order valence-electron chi connectivity index (χ4n) is 5.87. The summed E-state index contributed by atoms with van der Waals surface area (Å²) < 4.78 is 33.3. The molecule has 0 spiro atoms. The Kier molecular flexibility index (Phi) is 40.1. The molecule has 57 heavy (non-hydrogen) atoms. The molecule has 3 unspecified atom stereocenters. The zero-order chi connectivity index (χ0) is 41.9. The van der Waals surface area contributed by atoms with Gasteiger partial charge in [0.1, 0.15) is 12.1 Å². The van der Waals surface area contributed by atoms with E-state index in [-0.39, 0.29) is 13.0 Å². The number of carbonyl (C=O) groups is 2. The van der Waals surface area contributed by atoms with Crippen LogP contribution in [0.15, 0.2) is 60.8 Å². The van der Waals surface area contributed by atoms with Crippen molar-refractivity contribution < 1.29 is 42.7 Å². The zero-order valence-electron chi connectivity index (χ0n) is 35.9. The van der Waals surface area contributed by atoms with E-state index < -0.39 is 45.1 Å². The molecule has 0 aliphatic carbocycles. The maximum Gasteiger partial charge on any atom is 0.472 e. The average molecular weight is 824 g/mol. The van der Waals surface area contributed by atoms with E-state index in [9.17, 15) is 19.0 Å². The number of carboxylic acids is 1. The van der Waals surface area contributed by atoms with Gasteiger partial charge in [0.05, 0.1) is 19.8 Å². The Morgan fingerprint density at radius 1 is 0.579 bits per heavy atom. The Hall–Kier alpha value is -2.33. The van der Waals surface area contributed by atoms with Gasteiger partial charge in [-0.1, -0.05) is 184 Å². The Bertz CT molecular complexity index is 1140. The molecule has 0 amide bonds. The summed E-state index contributed by atoms with van der Waals surface area (Å²) in [5, 5.41) is 8.90. The summed E-state index contributed by atoms with van der Waals surface area (Å²) in [6, 6.07) is -1.48. The van der Waals surface area contributed by atoms with E-state index in [1.807, 2.05) is 6.08 Å². The van der Waals surface area contributed by atoms with Crippen molar-refractivity contribution in [3.05, 3.63) is 60.8 Å². The predicted octanol–water partition coefficient (Wildman–Crippen LogP) is 12.4. The third-order valence-corrected chi connectivity index (χ3v) is 10.3. The molecule has 0 aliphatic rings. The van der Waals surface area contributed by atoms with Gasteiger partial charge in [0.15, 0.2) is 0 Å². The van der Waals surface area contributed by atoms with Gasteiger partial charge >= 0.3 is 19.8 Å². The van der Waals surface area contributed by atoms with Gasteiger partial charge in [0, 0.05) is 13.0 Å². The summed E-state index contributed by atoms with van der Waals surface area (Å²) in [6.45, 7) is 3.71. The number of phosphoric ester groups is 1. The lowest BCUT2D eigenvalue weighted by Gasteiger charge is -2.20. The first kappa shape index (κ1) is 54.7. The molecule has 0 heterocycles. The van der Waals surface area contributed by atoms with E-state index in [1.165, 1.54) is 96.3 Å². The summed E-state index contributed by atoms with van der Waals surface area (Å²) in [7, 11) is -4.63. The number of nitrogens with two attached hydrogens (primary N) is 1. The molecule has 11 heteroatoms. The fraction of sp³-hybridized carbons (Fsp3) is 0.739. The van der Waals surface area contributed by atoms with Crippen LogP contribution in [0.5, 0.6) is 0 Å². The smallest absolute Gasteiger partial charge is 0.472 e. The highest BCUT2D eigenvalue weighted by atomic mass is 31.2. The molecule has 0 aromatic heterocycles. The van der Waals surface area contributed by atoms with Gasteiger partial charge in [-0.2, -0.15) is 0 Å². The Labute approximate surface area is 347 Å². The third kappa shape index (κ3) is 41.6. The quantitative estimate of drug-likeness (QED) is 0.0234. The Balaban J connectivity index is 4.30. The molecule has 0 aromatic carbocycles. The van der Waals surface area contributed by atoms with Crippen molar-refractivity contribution in [3.8, 4) is 0 Å². The second-order valence-corrected chi connectivity index (χ2v) is 16.3. The van der Waals surface area contributed by atoms with Crippen molar-refractivity contribution in [1.82, 2.24) is 0 Å². The number of rotatable bonds is 42. The molecule has 330 valence electrons. The maximum absolute atomic E-state index is 12.6. The van der Waals surface area contributed by atoms with Crippen molar-refractivity contribution in [2.24, 2.45) is 5.73 Å². The number of hydrogen-bond donors (Lipinski definition) is 3. The van der Waals surface area contributed by atoms with Gasteiger partial charge in [-0.15, -0.1) is 0 Å². The molecule has 0 radical (unpaired) electrons. The van der Waals surface area contributed by atoms with Crippen LogP contribution in [0.2, 0.25) is 0 Å². The van der Waals surface area contributed by atoms with Gasteiger partial charge < -0.3 is 25.2 Å². The van der Waals surface area contributed by atoms with Crippen molar-refractivity contribution in [2.45, 2.75) is 193 Å². The predicted molar refractivity (Wildman–Crippen MR) is 235 cm³/mol. The van der Waals surface area contributed by atoms with E-state index in [0.29, 0.717) is 19.4 Å². The van der Waals surface area contributed by atoms with E-state index in [1.54, 1.807) is 0 Å². The van der Waals surface area contributed by atoms with Crippen LogP contribution in [0, 0.1) is 0 Å². The van der Waals surface area contributed by atoms with Crippen LogP contribution in [-0.4, -0.2) is 60.5 Å². The van der Waals surface area contributed by atoms with Crippen molar-refractivity contribution in [1.29, 1.82) is 0 Å². The molecule has 0 saturated carbocycles. The zero-order valence-corrected chi connectivity index (χ0v) is 36.8. The maximum atomic E-state index is 12.6. The Morgan fingerprint density at radius 2 is 1.00 bits per heavy atom. The molecular weight excluding hydrogens is 741 g/mol. The van der Waals surface area contributed by atoms with Gasteiger partial charge in [0.2, 0.25) is 0 Å². The number of esters is 1. The van der Waals surface area contributed by atoms with Crippen LogP contribution in [0.3, 0.4) is 0 Å². The van der Waals surface area contributed by atoms with Crippen LogP contribution in [0.1, 0.15) is 181 Å². The van der Waals surface area contributed by atoms with Gasteiger partial charge in [-0.25, -0.2) is 4.57 Å². The van der Waals surface area contributed by atoms with E-state index in [2.05, 4.69) is 68.5 Å². The minimum absolute atomic E-state index is 0.00584. The standard InChI is InChI=1S/C46H82NO9P/c1-3-5-7-9-11-13-15-17-19-21-23-25-27-29-31-33-35-37-39-53-40-43(41-54-57(51,52)55-42-44(47)46(49)50)56-45(48)38-36-34-32-30-28-26-24-22-20-18-16-14-12-10-8-6-4-2/h6,8,12,14,18,20,24,26,30,32,43-44H,3-5,7,9-11,13,15-17,19,21-23,25,27-29,31,33-42,47H2,1-2H3,(H,49,50)(H,51,52)/b8-6-,14-12-,20-18-,26-24-,32-30-. The van der Waals surface area contributed by atoms with Crippen LogP contribution < -0.4 is 5.73 Å². The van der Waals surface area contributed by atoms with Crippen molar-refractivity contribution in [3.63, 3.8) is 0 Å².